The molecule has 0 saturated carbocycles. The van der Waals surface area contributed by atoms with Crippen molar-refractivity contribution >= 4 is 34.4 Å². The van der Waals surface area contributed by atoms with Gasteiger partial charge in [0.2, 0.25) is 5.91 Å². The number of aryl methyl sites for hydroxylation is 1. The molecule has 0 aliphatic carbocycles. The average molecular weight is 393 g/mol. The number of hydrogen-bond donors (Lipinski definition) is 1. The minimum atomic E-state index is -0.286. The second kappa shape index (κ2) is 7.65. The van der Waals surface area contributed by atoms with Crippen LogP contribution in [-0.4, -0.2) is 31.4 Å². The van der Waals surface area contributed by atoms with Gasteiger partial charge in [0.25, 0.3) is 5.56 Å². The number of carbonyl (C=O) groups excluding carboxylic acids is 1. The zero-order valence-electron chi connectivity index (χ0n) is 14.8. The van der Waals surface area contributed by atoms with Gasteiger partial charge in [-0.2, -0.15) is 0 Å². The van der Waals surface area contributed by atoms with Gasteiger partial charge in [-0.1, -0.05) is 35.1 Å². The van der Waals surface area contributed by atoms with E-state index in [0.29, 0.717) is 27.7 Å². The van der Waals surface area contributed by atoms with Gasteiger partial charge in [-0.25, -0.2) is 14.5 Å². The highest BCUT2D eigenvalue weighted by Crippen LogP contribution is 2.22. The summed E-state index contributed by atoms with van der Waals surface area (Å²) in [5.41, 5.74) is 1.17. The normalized spacial score (nSPS) is 10.9. The Morgan fingerprint density at radius 1 is 1.21 bits per heavy atom. The molecule has 4 rings (SSSR count). The van der Waals surface area contributed by atoms with Crippen LogP contribution in [0, 0.1) is 6.92 Å². The average Bonchev–Trinajstić information content (AvgIpc) is 3.20. The van der Waals surface area contributed by atoms with Crippen molar-refractivity contribution in [3.63, 3.8) is 0 Å². The van der Waals surface area contributed by atoms with Crippen molar-refractivity contribution in [2.75, 3.05) is 11.1 Å². The Balaban J connectivity index is 1.74. The number of para-hydroxylation sites is 1. The number of anilines is 1. The van der Waals surface area contributed by atoms with Crippen LogP contribution < -0.4 is 10.9 Å². The zero-order valence-corrected chi connectivity index (χ0v) is 15.6. The van der Waals surface area contributed by atoms with Crippen molar-refractivity contribution in [2.45, 2.75) is 12.1 Å². The van der Waals surface area contributed by atoms with Crippen LogP contribution in [0.15, 0.2) is 69.4 Å². The van der Waals surface area contributed by atoms with E-state index in [1.54, 1.807) is 36.5 Å². The van der Waals surface area contributed by atoms with Crippen LogP contribution in [-0.2, 0) is 4.79 Å². The fourth-order valence-electron chi connectivity index (χ4n) is 2.69. The lowest BCUT2D eigenvalue weighted by molar-refractivity contribution is -0.113. The quantitative estimate of drug-likeness (QED) is 0.411. The molecule has 4 aromatic rings. The van der Waals surface area contributed by atoms with E-state index in [1.807, 2.05) is 19.1 Å². The Bertz CT molecular complexity index is 1200. The van der Waals surface area contributed by atoms with Crippen molar-refractivity contribution in [1.29, 1.82) is 0 Å². The van der Waals surface area contributed by atoms with Crippen molar-refractivity contribution in [3.8, 4) is 5.82 Å². The van der Waals surface area contributed by atoms with Crippen LogP contribution in [0.25, 0.3) is 16.7 Å². The molecule has 8 nitrogen and oxygen atoms in total. The fraction of sp³-hybridized carbons (Fsp3) is 0.105. The third-order valence-corrected chi connectivity index (χ3v) is 4.91. The second-order valence-electron chi connectivity index (χ2n) is 5.92. The summed E-state index contributed by atoms with van der Waals surface area (Å²) >= 11 is 1.15. The summed E-state index contributed by atoms with van der Waals surface area (Å²) in [6.45, 7) is 1.87. The predicted octanol–water partition coefficient (Wildman–Crippen LogP) is 2.81. The van der Waals surface area contributed by atoms with E-state index >= 15 is 0 Å². The lowest BCUT2D eigenvalue weighted by Crippen LogP contribution is -2.24. The zero-order chi connectivity index (χ0) is 19.5. The molecule has 3 heterocycles. The maximum absolute atomic E-state index is 13.1. The summed E-state index contributed by atoms with van der Waals surface area (Å²) in [7, 11) is 0. The number of thioether (sulfide) groups is 1. The Labute approximate surface area is 163 Å². The highest BCUT2D eigenvalue weighted by Gasteiger charge is 2.17. The van der Waals surface area contributed by atoms with Gasteiger partial charge < -0.3 is 9.84 Å². The van der Waals surface area contributed by atoms with Gasteiger partial charge >= 0.3 is 0 Å². The number of hydrogen-bond acceptors (Lipinski definition) is 7. The summed E-state index contributed by atoms with van der Waals surface area (Å²) in [4.78, 5) is 34.3. The Morgan fingerprint density at radius 3 is 2.86 bits per heavy atom. The Morgan fingerprint density at radius 2 is 2.07 bits per heavy atom. The van der Waals surface area contributed by atoms with Gasteiger partial charge in [-0.05, 0) is 30.7 Å². The monoisotopic (exact) mass is 393 g/mol. The molecule has 0 radical (unpaired) electrons. The molecule has 0 spiro atoms. The molecule has 0 atom stereocenters. The highest BCUT2D eigenvalue weighted by molar-refractivity contribution is 7.99. The molecule has 0 aliphatic heterocycles. The standard InChI is InChI=1S/C19H15N5O3S/c1-12-5-4-9-20-17(12)24-18(26)13-6-2-3-7-14(13)21-19(24)28-11-16(25)22-15-8-10-27-23-15/h2-10H,11H2,1H3,(H,22,23,25). The molecule has 0 fully saturated rings. The maximum atomic E-state index is 13.1. The smallest absolute Gasteiger partial charge is 0.267 e. The molecule has 9 heteroatoms. The summed E-state index contributed by atoms with van der Waals surface area (Å²) < 4.78 is 6.14. The summed E-state index contributed by atoms with van der Waals surface area (Å²) in [5, 5.41) is 7.14. The van der Waals surface area contributed by atoms with E-state index < -0.39 is 0 Å². The van der Waals surface area contributed by atoms with Crippen LogP contribution in [0.4, 0.5) is 5.82 Å². The number of pyridine rings is 1. The number of amides is 1. The molecule has 140 valence electrons. The van der Waals surface area contributed by atoms with Crippen LogP contribution >= 0.6 is 11.8 Å². The molecule has 3 aromatic heterocycles. The van der Waals surface area contributed by atoms with Crippen molar-refractivity contribution < 1.29 is 9.32 Å². The third kappa shape index (κ3) is 3.52. The predicted molar refractivity (Wildman–Crippen MR) is 106 cm³/mol. The van der Waals surface area contributed by atoms with Gasteiger partial charge in [0.1, 0.15) is 12.1 Å². The van der Waals surface area contributed by atoms with Gasteiger partial charge in [-0.15, -0.1) is 0 Å². The van der Waals surface area contributed by atoms with Crippen molar-refractivity contribution in [3.05, 3.63) is 70.8 Å². The number of nitrogens with zero attached hydrogens (tertiary/aromatic N) is 4. The topological polar surface area (TPSA) is 103 Å². The van der Waals surface area contributed by atoms with E-state index in [9.17, 15) is 9.59 Å². The maximum Gasteiger partial charge on any atom is 0.267 e. The summed E-state index contributed by atoms with van der Waals surface area (Å²) in [6, 6.07) is 12.3. The Hall–Kier alpha value is -3.46. The van der Waals surface area contributed by atoms with Gasteiger partial charge in [-0.3, -0.25) is 9.59 Å². The van der Waals surface area contributed by atoms with Crippen molar-refractivity contribution in [1.82, 2.24) is 19.7 Å². The van der Waals surface area contributed by atoms with Crippen LogP contribution in [0.5, 0.6) is 0 Å². The lowest BCUT2D eigenvalue weighted by Gasteiger charge is -2.13. The minimum absolute atomic E-state index is 0.0452. The molecule has 0 saturated heterocycles. The van der Waals surface area contributed by atoms with E-state index in [2.05, 4.69) is 20.4 Å². The molecular formula is C19H15N5O3S. The first-order chi connectivity index (χ1) is 13.6. The first-order valence-electron chi connectivity index (χ1n) is 8.40. The highest BCUT2D eigenvalue weighted by atomic mass is 32.2. The van der Waals surface area contributed by atoms with Crippen LogP contribution in [0.2, 0.25) is 0 Å². The summed E-state index contributed by atoms with van der Waals surface area (Å²) in [6.07, 6.45) is 2.99. The molecule has 0 unspecified atom stereocenters. The molecule has 0 bridgehead atoms. The molecular weight excluding hydrogens is 378 g/mol. The molecule has 1 N–H and O–H groups in total. The van der Waals surface area contributed by atoms with Gasteiger partial charge in [0, 0.05) is 12.3 Å². The number of carbonyl (C=O) groups is 1. The van der Waals surface area contributed by atoms with Gasteiger partial charge in [0.15, 0.2) is 11.0 Å². The second-order valence-corrected chi connectivity index (χ2v) is 6.86. The molecule has 0 aliphatic rings. The first kappa shape index (κ1) is 17.9. The number of fused-ring (bicyclic) bond motifs is 1. The number of benzene rings is 1. The van der Waals surface area contributed by atoms with Crippen molar-refractivity contribution in [2.24, 2.45) is 0 Å². The molecule has 1 amide bonds. The van der Waals surface area contributed by atoms with Gasteiger partial charge in [0.05, 0.1) is 16.7 Å². The molecule has 28 heavy (non-hydrogen) atoms. The fourth-order valence-corrected chi connectivity index (χ4v) is 3.49. The van der Waals surface area contributed by atoms with E-state index in [-0.39, 0.29) is 17.2 Å². The number of aromatic nitrogens is 4. The number of rotatable bonds is 5. The van der Waals surface area contributed by atoms with Crippen LogP contribution in [0.1, 0.15) is 5.56 Å². The minimum Gasteiger partial charge on any atom is -0.363 e. The van der Waals surface area contributed by atoms with E-state index in [0.717, 1.165) is 17.3 Å². The lowest BCUT2D eigenvalue weighted by atomic mass is 10.2. The first-order valence-corrected chi connectivity index (χ1v) is 9.39. The van der Waals surface area contributed by atoms with E-state index in [1.165, 1.54) is 10.8 Å². The van der Waals surface area contributed by atoms with E-state index in [4.69, 9.17) is 4.52 Å². The third-order valence-electron chi connectivity index (χ3n) is 3.98. The SMILES string of the molecule is Cc1cccnc1-n1c(SCC(=O)Nc2ccon2)nc2ccccc2c1=O. The number of nitrogens with one attached hydrogen (secondary N) is 1. The van der Waals surface area contributed by atoms with Crippen LogP contribution in [0.3, 0.4) is 0 Å². The largest absolute Gasteiger partial charge is 0.363 e. The Kier molecular flexibility index (Phi) is 4.90. The molecule has 1 aromatic carbocycles. The summed E-state index contributed by atoms with van der Waals surface area (Å²) in [5.74, 6) is 0.578.